The summed E-state index contributed by atoms with van der Waals surface area (Å²) in [6.45, 7) is 2.40. The van der Waals surface area contributed by atoms with Crippen LogP contribution in [0, 0.1) is 6.92 Å². The number of ether oxygens (including phenoxy) is 2. The van der Waals surface area contributed by atoms with Crippen molar-refractivity contribution in [2.75, 3.05) is 19.5 Å². The molecule has 0 aliphatic heterocycles. The van der Waals surface area contributed by atoms with Crippen LogP contribution in [0.3, 0.4) is 0 Å². The highest BCUT2D eigenvalue weighted by Crippen LogP contribution is 2.26. The molecule has 2 aromatic rings. The maximum Gasteiger partial charge on any atom is 0.357 e. The number of benzene rings is 1. The first-order valence-electron chi connectivity index (χ1n) is 6.04. The summed E-state index contributed by atoms with van der Waals surface area (Å²) in [7, 11) is 3.01. The summed E-state index contributed by atoms with van der Waals surface area (Å²) in [6.07, 6.45) is 0. The second-order valence-electron chi connectivity index (χ2n) is 4.17. The Labute approximate surface area is 121 Å². The smallest absolute Gasteiger partial charge is 0.357 e. The molecule has 20 heavy (non-hydrogen) atoms. The van der Waals surface area contributed by atoms with Crippen LogP contribution in [0.5, 0.6) is 0 Å². The van der Waals surface area contributed by atoms with Crippen molar-refractivity contribution in [2.45, 2.75) is 13.5 Å². The molecular formula is C14H16N2O3S. The lowest BCUT2D eigenvalue weighted by molar-refractivity contribution is 0.0594. The number of nitrogens with one attached hydrogen (secondary N) is 1. The highest BCUT2D eigenvalue weighted by atomic mass is 32.1. The number of methoxy groups -OCH3 is 2. The van der Waals surface area contributed by atoms with Gasteiger partial charge in [-0.3, -0.25) is 0 Å². The van der Waals surface area contributed by atoms with E-state index in [0.29, 0.717) is 17.4 Å². The van der Waals surface area contributed by atoms with Crippen LogP contribution in [0.2, 0.25) is 0 Å². The van der Waals surface area contributed by atoms with E-state index in [1.54, 1.807) is 7.11 Å². The van der Waals surface area contributed by atoms with Crippen LogP contribution in [0.15, 0.2) is 24.3 Å². The summed E-state index contributed by atoms with van der Waals surface area (Å²) >= 11 is 1.42. The standard InChI is InChI=1S/C14H16N2O3S/c1-9-12(13(17)19-3)16-14(20-9)15-11-6-4-5-10(7-11)8-18-2/h4-7H,8H2,1-3H3,(H,15,16). The number of hydrogen-bond acceptors (Lipinski definition) is 6. The zero-order valence-corrected chi connectivity index (χ0v) is 12.4. The number of thiazole rings is 1. The molecule has 0 spiro atoms. The number of anilines is 2. The van der Waals surface area contributed by atoms with E-state index in [4.69, 9.17) is 9.47 Å². The molecule has 0 atom stereocenters. The minimum atomic E-state index is -0.417. The summed E-state index contributed by atoms with van der Waals surface area (Å²) in [5, 5.41) is 3.85. The van der Waals surface area contributed by atoms with Crippen LogP contribution >= 0.6 is 11.3 Å². The van der Waals surface area contributed by atoms with E-state index in [9.17, 15) is 4.79 Å². The molecule has 6 heteroatoms. The minimum absolute atomic E-state index is 0.355. The summed E-state index contributed by atoms with van der Waals surface area (Å²) in [5.41, 5.74) is 2.33. The monoisotopic (exact) mass is 292 g/mol. The van der Waals surface area contributed by atoms with Gasteiger partial charge in [-0.1, -0.05) is 12.1 Å². The van der Waals surface area contributed by atoms with Gasteiger partial charge in [0, 0.05) is 17.7 Å². The van der Waals surface area contributed by atoms with E-state index in [0.717, 1.165) is 16.1 Å². The quantitative estimate of drug-likeness (QED) is 0.858. The van der Waals surface area contributed by atoms with E-state index in [-0.39, 0.29) is 0 Å². The Morgan fingerprint density at radius 2 is 2.20 bits per heavy atom. The maximum absolute atomic E-state index is 11.5. The fraction of sp³-hybridized carbons (Fsp3) is 0.286. The lowest BCUT2D eigenvalue weighted by Crippen LogP contribution is -2.03. The number of carbonyl (C=O) groups is 1. The number of esters is 1. The van der Waals surface area contributed by atoms with Gasteiger partial charge in [0.15, 0.2) is 10.8 Å². The van der Waals surface area contributed by atoms with Crippen LogP contribution in [0.1, 0.15) is 20.9 Å². The molecule has 0 saturated heterocycles. The Morgan fingerprint density at radius 1 is 1.40 bits per heavy atom. The Bertz CT molecular complexity index is 610. The van der Waals surface area contributed by atoms with Crippen LogP contribution in [0.4, 0.5) is 10.8 Å². The average Bonchev–Trinajstić information content (AvgIpc) is 2.79. The van der Waals surface area contributed by atoms with Crippen LogP contribution < -0.4 is 5.32 Å². The molecule has 0 aliphatic rings. The topological polar surface area (TPSA) is 60.5 Å². The molecule has 106 valence electrons. The number of nitrogens with zero attached hydrogens (tertiary/aromatic N) is 1. The molecule has 0 bridgehead atoms. The Morgan fingerprint density at radius 3 is 2.90 bits per heavy atom. The van der Waals surface area contributed by atoms with Crippen molar-refractivity contribution in [3.8, 4) is 0 Å². The van der Waals surface area contributed by atoms with Gasteiger partial charge in [0.25, 0.3) is 0 Å². The number of aromatic nitrogens is 1. The van der Waals surface area contributed by atoms with Crippen molar-refractivity contribution in [3.63, 3.8) is 0 Å². The van der Waals surface area contributed by atoms with E-state index >= 15 is 0 Å². The van der Waals surface area contributed by atoms with Gasteiger partial charge >= 0.3 is 5.97 Å². The predicted octanol–water partition coefficient (Wildman–Crippen LogP) is 3.13. The van der Waals surface area contributed by atoms with Gasteiger partial charge in [-0.15, -0.1) is 11.3 Å². The molecular weight excluding hydrogens is 276 g/mol. The molecule has 1 aromatic carbocycles. The van der Waals surface area contributed by atoms with Crippen molar-refractivity contribution < 1.29 is 14.3 Å². The van der Waals surface area contributed by atoms with Crippen molar-refractivity contribution >= 4 is 28.1 Å². The Hall–Kier alpha value is -1.92. The zero-order valence-electron chi connectivity index (χ0n) is 11.6. The third-order valence-electron chi connectivity index (χ3n) is 2.66. The molecule has 5 nitrogen and oxygen atoms in total. The first kappa shape index (κ1) is 14.5. The molecule has 1 N–H and O–H groups in total. The number of hydrogen-bond donors (Lipinski definition) is 1. The van der Waals surface area contributed by atoms with E-state index in [1.165, 1.54) is 18.4 Å². The molecule has 1 heterocycles. The Balaban J connectivity index is 2.18. The van der Waals surface area contributed by atoms with Crippen LogP contribution in [0.25, 0.3) is 0 Å². The third-order valence-corrected chi connectivity index (χ3v) is 3.55. The number of carbonyl (C=O) groups excluding carboxylic acids is 1. The van der Waals surface area contributed by atoms with E-state index in [1.807, 2.05) is 31.2 Å². The third kappa shape index (κ3) is 3.34. The van der Waals surface area contributed by atoms with Gasteiger partial charge in [-0.05, 0) is 24.6 Å². The largest absolute Gasteiger partial charge is 0.464 e. The summed E-state index contributed by atoms with van der Waals surface area (Å²) < 4.78 is 9.79. The maximum atomic E-state index is 11.5. The van der Waals surface area contributed by atoms with E-state index in [2.05, 4.69) is 10.3 Å². The number of rotatable bonds is 5. The van der Waals surface area contributed by atoms with Crippen molar-refractivity contribution in [3.05, 3.63) is 40.4 Å². The first-order valence-corrected chi connectivity index (χ1v) is 6.86. The molecule has 0 radical (unpaired) electrons. The zero-order chi connectivity index (χ0) is 14.5. The van der Waals surface area contributed by atoms with Gasteiger partial charge < -0.3 is 14.8 Å². The van der Waals surface area contributed by atoms with Crippen LogP contribution in [-0.2, 0) is 16.1 Å². The van der Waals surface area contributed by atoms with Crippen molar-refractivity contribution in [1.29, 1.82) is 0 Å². The Kier molecular flexibility index (Phi) is 4.70. The highest BCUT2D eigenvalue weighted by Gasteiger charge is 2.15. The predicted molar refractivity (Wildman–Crippen MR) is 78.6 cm³/mol. The molecule has 0 fully saturated rings. The van der Waals surface area contributed by atoms with Gasteiger partial charge in [-0.2, -0.15) is 0 Å². The van der Waals surface area contributed by atoms with Gasteiger partial charge in [-0.25, -0.2) is 9.78 Å². The van der Waals surface area contributed by atoms with Gasteiger partial charge in [0.1, 0.15) is 0 Å². The molecule has 1 aromatic heterocycles. The molecule has 0 aliphatic carbocycles. The normalized spacial score (nSPS) is 10.3. The molecule has 0 saturated carbocycles. The SMILES string of the molecule is COCc1cccc(Nc2nc(C(=O)OC)c(C)s2)c1. The first-order chi connectivity index (χ1) is 9.63. The molecule has 0 unspecified atom stereocenters. The fourth-order valence-electron chi connectivity index (χ4n) is 1.76. The molecule has 2 rings (SSSR count). The van der Waals surface area contributed by atoms with Crippen molar-refractivity contribution in [2.24, 2.45) is 0 Å². The van der Waals surface area contributed by atoms with E-state index < -0.39 is 5.97 Å². The number of aryl methyl sites for hydroxylation is 1. The highest BCUT2D eigenvalue weighted by molar-refractivity contribution is 7.15. The van der Waals surface area contributed by atoms with Gasteiger partial charge in [0.05, 0.1) is 13.7 Å². The van der Waals surface area contributed by atoms with Gasteiger partial charge in [0.2, 0.25) is 0 Å². The lowest BCUT2D eigenvalue weighted by Gasteiger charge is -2.05. The summed E-state index contributed by atoms with van der Waals surface area (Å²) in [4.78, 5) is 16.6. The summed E-state index contributed by atoms with van der Waals surface area (Å²) in [5.74, 6) is -0.417. The fourth-order valence-corrected chi connectivity index (χ4v) is 2.59. The minimum Gasteiger partial charge on any atom is -0.464 e. The molecule has 0 amide bonds. The lowest BCUT2D eigenvalue weighted by atomic mass is 10.2. The van der Waals surface area contributed by atoms with Crippen LogP contribution in [-0.4, -0.2) is 25.2 Å². The average molecular weight is 292 g/mol. The second kappa shape index (κ2) is 6.49. The second-order valence-corrected chi connectivity index (χ2v) is 5.38. The summed E-state index contributed by atoms with van der Waals surface area (Å²) in [6, 6.07) is 7.85. The van der Waals surface area contributed by atoms with Crippen molar-refractivity contribution in [1.82, 2.24) is 4.98 Å².